The fourth-order valence-electron chi connectivity index (χ4n) is 2.15. The normalized spacial score (nSPS) is 22.3. The molecule has 0 aliphatic carbocycles. The highest BCUT2D eigenvalue weighted by atomic mass is 19.1. The van der Waals surface area contributed by atoms with Crippen LogP contribution in [0.3, 0.4) is 0 Å². The van der Waals surface area contributed by atoms with Gasteiger partial charge in [-0.15, -0.1) is 0 Å². The molecule has 1 unspecified atom stereocenters. The third kappa shape index (κ3) is 3.20. The molecule has 5 nitrogen and oxygen atoms in total. The maximum atomic E-state index is 13.2. The predicted octanol–water partition coefficient (Wildman–Crippen LogP) is 1.56. The number of anilines is 1. The summed E-state index contributed by atoms with van der Waals surface area (Å²) >= 11 is 0. The van der Waals surface area contributed by atoms with E-state index in [1.807, 2.05) is 6.92 Å². The van der Waals surface area contributed by atoms with Gasteiger partial charge < -0.3 is 15.4 Å². The summed E-state index contributed by atoms with van der Waals surface area (Å²) in [5.74, 6) is -0.531. The zero-order chi connectivity index (χ0) is 13.9. The van der Waals surface area contributed by atoms with Crippen LogP contribution in [0.15, 0.2) is 12.3 Å². The maximum Gasteiger partial charge on any atom is 0.255 e. The van der Waals surface area contributed by atoms with Gasteiger partial charge in [0.25, 0.3) is 5.91 Å². The first kappa shape index (κ1) is 13.7. The zero-order valence-electron chi connectivity index (χ0n) is 11.1. The Balaban J connectivity index is 2.05. The molecule has 1 atom stereocenters. The number of hydrogen-bond donors (Lipinski definition) is 2. The molecule has 0 bridgehead atoms. The summed E-state index contributed by atoms with van der Waals surface area (Å²) in [5, 5.41) is 5.54. The molecule has 0 radical (unpaired) electrons. The topological polar surface area (TPSA) is 63.2 Å². The summed E-state index contributed by atoms with van der Waals surface area (Å²) in [4.78, 5) is 15.9. The molecule has 1 aliphatic rings. The van der Waals surface area contributed by atoms with Gasteiger partial charge in [0.05, 0.1) is 17.4 Å². The Bertz CT molecular complexity index is 473. The summed E-state index contributed by atoms with van der Waals surface area (Å²) in [6, 6.07) is 1.17. The minimum absolute atomic E-state index is 0.198. The van der Waals surface area contributed by atoms with Crippen molar-refractivity contribution in [3.05, 3.63) is 23.6 Å². The Labute approximate surface area is 111 Å². The lowest BCUT2D eigenvalue weighted by Crippen LogP contribution is -2.40. The third-order valence-electron chi connectivity index (χ3n) is 3.26. The highest BCUT2D eigenvalue weighted by Crippen LogP contribution is 2.24. The second-order valence-electron chi connectivity index (χ2n) is 4.88. The van der Waals surface area contributed by atoms with Crippen molar-refractivity contribution >= 4 is 11.7 Å². The number of halogens is 1. The van der Waals surface area contributed by atoms with Gasteiger partial charge in [-0.3, -0.25) is 4.79 Å². The van der Waals surface area contributed by atoms with Gasteiger partial charge in [-0.25, -0.2) is 9.37 Å². The average Bonchev–Trinajstić information content (AvgIpc) is 2.83. The van der Waals surface area contributed by atoms with Crippen LogP contribution in [0.5, 0.6) is 0 Å². The summed E-state index contributed by atoms with van der Waals surface area (Å²) in [6.07, 6.45) is 2.98. The number of hydrogen-bond acceptors (Lipinski definition) is 4. The molecule has 0 spiro atoms. The number of aromatic nitrogens is 1. The molecule has 2 heterocycles. The van der Waals surface area contributed by atoms with Crippen LogP contribution in [0.2, 0.25) is 0 Å². The van der Waals surface area contributed by atoms with E-state index in [0.717, 1.165) is 25.6 Å². The number of rotatable bonds is 4. The molecule has 104 valence electrons. The van der Waals surface area contributed by atoms with Crippen molar-refractivity contribution in [1.82, 2.24) is 10.3 Å². The van der Waals surface area contributed by atoms with E-state index in [4.69, 9.17) is 4.74 Å². The highest BCUT2D eigenvalue weighted by Gasteiger charge is 2.30. The lowest BCUT2D eigenvalue weighted by atomic mass is 10.0. The summed E-state index contributed by atoms with van der Waals surface area (Å²) in [5.41, 5.74) is -0.125. The first-order chi connectivity index (χ1) is 9.04. The Morgan fingerprint density at radius 3 is 3.05 bits per heavy atom. The smallest absolute Gasteiger partial charge is 0.255 e. The monoisotopic (exact) mass is 267 g/mol. The van der Waals surface area contributed by atoms with E-state index in [2.05, 4.69) is 15.6 Å². The molecule has 0 aromatic carbocycles. The van der Waals surface area contributed by atoms with E-state index < -0.39 is 5.82 Å². The number of amides is 1. The molecule has 19 heavy (non-hydrogen) atoms. The standard InChI is InChI=1S/C13H18FN3O2/c1-13(4-3-5-19-13)8-17-12(18)10-6-9(14)7-16-11(10)15-2/h6-7H,3-5,8H2,1-2H3,(H,15,16)(H,17,18). The molecule has 1 aliphatic heterocycles. The second kappa shape index (κ2) is 5.52. The van der Waals surface area contributed by atoms with Gasteiger partial charge in [-0.05, 0) is 25.8 Å². The minimum Gasteiger partial charge on any atom is -0.373 e. The number of carbonyl (C=O) groups excluding carboxylic acids is 1. The number of pyridine rings is 1. The van der Waals surface area contributed by atoms with Crippen LogP contribution in [-0.2, 0) is 4.74 Å². The van der Waals surface area contributed by atoms with Crippen molar-refractivity contribution < 1.29 is 13.9 Å². The van der Waals surface area contributed by atoms with Gasteiger partial charge in [-0.1, -0.05) is 0 Å². The van der Waals surface area contributed by atoms with Crippen molar-refractivity contribution in [2.75, 3.05) is 25.5 Å². The van der Waals surface area contributed by atoms with E-state index in [1.165, 1.54) is 6.07 Å². The van der Waals surface area contributed by atoms with Gasteiger partial charge in [0, 0.05) is 20.2 Å². The molecule has 1 aromatic rings. The Morgan fingerprint density at radius 1 is 1.63 bits per heavy atom. The van der Waals surface area contributed by atoms with E-state index in [1.54, 1.807) is 7.05 Å². The molecular weight excluding hydrogens is 249 g/mol. The first-order valence-corrected chi connectivity index (χ1v) is 6.29. The van der Waals surface area contributed by atoms with Crippen molar-refractivity contribution in [3.63, 3.8) is 0 Å². The van der Waals surface area contributed by atoms with Crippen molar-refractivity contribution in [1.29, 1.82) is 0 Å². The molecule has 1 fully saturated rings. The Hall–Kier alpha value is -1.69. The molecule has 2 N–H and O–H groups in total. The molecule has 2 rings (SSSR count). The Kier molecular flexibility index (Phi) is 3.99. The molecule has 1 amide bonds. The molecular formula is C13H18FN3O2. The summed E-state index contributed by atoms with van der Waals surface area (Å²) in [7, 11) is 1.64. The van der Waals surface area contributed by atoms with Crippen LogP contribution in [0.25, 0.3) is 0 Å². The van der Waals surface area contributed by atoms with Crippen LogP contribution < -0.4 is 10.6 Å². The van der Waals surface area contributed by atoms with Crippen LogP contribution in [0.4, 0.5) is 10.2 Å². The van der Waals surface area contributed by atoms with E-state index in [0.29, 0.717) is 12.4 Å². The van der Waals surface area contributed by atoms with E-state index >= 15 is 0 Å². The fraction of sp³-hybridized carbons (Fsp3) is 0.538. The number of nitrogens with one attached hydrogen (secondary N) is 2. The minimum atomic E-state index is -0.535. The van der Waals surface area contributed by atoms with Gasteiger partial charge in [0.1, 0.15) is 11.6 Å². The lowest BCUT2D eigenvalue weighted by Gasteiger charge is -2.23. The number of nitrogens with zero attached hydrogens (tertiary/aromatic N) is 1. The zero-order valence-corrected chi connectivity index (χ0v) is 11.1. The largest absolute Gasteiger partial charge is 0.373 e. The van der Waals surface area contributed by atoms with Crippen LogP contribution in [0.1, 0.15) is 30.1 Å². The maximum absolute atomic E-state index is 13.2. The summed E-state index contributed by atoms with van der Waals surface area (Å²) in [6.45, 7) is 3.09. The number of carbonyl (C=O) groups is 1. The molecule has 1 saturated heterocycles. The SMILES string of the molecule is CNc1ncc(F)cc1C(=O)NCC1(C)CCCO1. The quantitative estimate of drug-likeness (QED) is 0.869. The van der Waals surface area contributed by atoms with Crippen molar-refractivity contribution in [3.8, 4) is 0 Å². The predicted molar refractivity (Wildman–Crippen MR) is 69.7 cm³/mol. The molecule has 6 heteroatoms. The summed E-state index contributed by atoms with van der Waals surface area (Å²) < 4.78 is 18.8. The average molecular weight is 267 g/mol. The van der Waals surface area contributed by atoms with Gasteiger partial charge in [0.2, 0.25) is 0 Å². The van der Waals surface area contributed by atoms with E-state index in [9.17, 15) is 9.18 Å². The van der Waals surface area contributed by atoms with Gasteiger partial charge in [0.15, 0.2) is 0 Å². The van der Waals surface area contributed by atoms with Crippen LogP contribution in [-0.4, -0.2) is 36.7 Å². The van der Waals surface area contributed by atoms with Crippen LogP contribution in [0, 0.1) is 5.82 Å². The van der Waals surface area contributed by atoms with Crippen molar-refractivity contribution in [2.24, 2.45) is 0 Å². The highest BCUT2D eigenvalue weighted by molar-refractivity contribution is 5.98. The first-order valence-electron chi connectivity index (χ1n) is 6.29. The van der Waals surface area contributed by atoms with Crippen molar-refractivity contribution in [2.45, 2.75) is 25.4 Å². The molecule has 1 aromatic heterocycles. The number of ether oxygens (including phenoxy) is 1. The lowest BCUT2D eigenvalue weighted by molar-refractivity contribution is 0.0206. The van der Waals surface area contributed by atoms with Crippen LogP contribution >= 0.6 is 0 Å². The van der Waals surface area contributed by atoms with Gasteiger partial charge >= 0.3 is 0 Å². The Morgan fingerprint density at radius 2 is 2.42 bits per heavy atom. The second-order valence-corrected chi connectivity index (χ2v) is 4.88. The molecule has 0 saturated carbocycles. The third-order valence-corrected chi connectivity index (χ3v) is 3.26. The fourth-order valence-corrected chi connectivity index (χ4v) is 2.15. The van der Waals surface area contributed by atoms with Gasteiger partial charge in [-0.2, -0.15) is 0 Å². The van der Waals surface area contributed by atoms with E-state index in [-0.39, 0.29) is 17.1 Å².